The van der Waals surface area contributed by atoms with Crippen LogP contribution in [0.5, 0.6) is 0 Å². The molecule has 0 radical (unpaired) electrons. The Hall–Kier alpha value is -3.62. The Balaban J connectivity index is 1.45. The third-order valence-electron chi connectivity index (χ3n) is 6.34. The fourth-order valence-corrected chi connectivity index (χ4v) is 4.64. The van der Waals surface area contributed by atoms with Crippen LogP contribution in [0.3, 0.4) is 0 Å². The van der Waals surface area contributed by atoms with Gasteiger partial charge >= 0.3 is 0 Å². The quantitative estimate of drug-likeness (QED) is 0.599. The van der Waals surface area contributed by atoms with E-state index in [0.717, 1.165) is 29.7 Å². The number of hydrogen-bond donors (Lipinski definition) is 0. The lowest BCUT2D eigenvalue weighted by Gasteiger charge is -2.31. The molecule has 1 atom stereocenters. The van der Waals surface area contributed by atoms with Crippen molar-refractivity contribution in [1.29, 1.82) is 0 Å². The first-order valence-corrected chi connectivity index (χ1v) is 11.2. The number of anilines is 1. The zero-order chi connectivity index (χ0) is 22.9. The number of nitrogens with zero attached hydrogens (tertiary/aromatic N) is 6. The Bertz CT molecular complexity index is 1180. The molecule has 5 rings (SSSR count). The highest BCUT2D eigenvalue weighted by atomic mass is 19.1. The van der Waals surface area contributed by atoms with E-state index in [1.165, 1.54) is 12.1 Å². The lowest BCUT2D eigenvalue weighted by Crippen LogP contribution is -2.38. The van der Waals surface area contributed by atoms with Gasteiger partial charge in [0.05, 0.1) is 12.6 Å². The third kappa shape index (κ3) is 4.22. The maximum Gasteiger partial charge on any atom is 0.244 e. The van der Waals surface area contributed by atoms with Gasteiger partial charge in [-0.3, -0.25) is 19.2 Å². The van der Waals surface area contributed by atoms with Crippen LogP contribution in [0.4, 0.5) is 10.2 Å². The molecule has 2 amide bonds. The van der Waals surface area contributed by atoms with Gasteiger partial charge in [-0.2, -0.15) is 5.10 Å². The van der Waals surface area contributed by atoms with Crippen LogP contribution >= 0.6 is 0 Å². The van der Waals surface area contributed by atoms with E-state index in [-0.39, 0.29) is 30.2 Å². The van der Waals surface area contributed by atoms with E-state index >= 15 is 0 Å². The van der Waals surface area contributed by atoms with E-state index in [4.69, 9.17) is 9.97 Å². The van der Waals surface area contributed by atoms with Crippen molar-refractivity contribution >= 4 is 17.6 Å². The van der Waals surface area contributed by atoms with E-state index in [1.807, 2.05) is 11.8 Å². The number of aryl methyl sites for hydroxylation is 1. The molecule has 0 spiro atoms. The van der Waals surface area contributed by atoms with Crippen LogP contribution in [-0.2, 0) is 29.1 Å². The predicted octanol–water partition coefficient (Wildman–Crippen LogP) is 2.96. The van der Waals surface area contributed by atoms with Crippen LogP contribution in [0.2, 0.25) is 0 Å². The van der Waals surface area contributed by atoms with Crippen molar-refractivity contribution in [3.8, 4) is 0 Å². The number of amides is 2. The number of hydrogen-bond acceptors (Lipinski definition) is 5. The number of rotatable bonds is 5. The van der Waals surface area contributed by atoms with Gasteiger partial charge in [-0.15, -0.1) is 0 Å². The summed E-state index contributed by atoms with van der Waals surface area (Å²) in [5, 5.41) is 4.13. The Kier molecular flexibility index (Phi) is 5.62. The summed E-state index contributed by atoms with van der Waals surface area (Å²) in [7, 11) is 0. The molecule has 0 bridgehead atoms. The van der Waals surface area contributed by atoms with Gasteiger partial charge in [0.1, 0.15) is 18.2 Å². The third-order valence-corrected chi connectivity index (χ3v) is 6.34. The highest BCUT2D eigenvalue weighted by Gasteiger charge is 2.35. The minimum Gasteiger partial charge on any atom is -0.331 e. The molecule has 4 heterocycles. The average molecular weight is 449 g/mol. The smallest absolute Gasteiger partial charge is 0.244 e. The molecule has 0 saturated carbocycles. The number of carbonyl (C=O) groups excluding carboxylic acids is 2. The topological polar surface area (TPSA) is 84.2 Å². The molecule has 8 nitrogen and oxygen atoms in total. The van der Waals surface area contributed by atoms with Crippen molar-refractivity contribution in [2.75, 3.05) is 11.4 Å². The largest absolute Gasteiger partial charge is 0.331 e. The van der Waals surface area contributed by atoms with Crippen molar-refractivity contribution in [3.63, 3.8) is 0 Å². The number of likely N-dealkylation sites (tertiary alicyclic amines) is 1. The van der Waals surface area contributed by atoms with Gasteiger partial charge in [0.15, 0.2) is 5.82 Å². The standard InChI is InChI=1S/C24H25FN6O2/c1-16-19-9-10-21(32)31(14-17-5-7-18(25)8-6-17)24(19)28-23(27-16)20-4-2-13-30(20)22(33)15-29-12-3-11-26-29/h3,5-8,11-12,20H,2,4,9-10,13-15H2,1H3/t20-/m1/s1. The second-order valence-electron chi connectivity index (χ2n) is 8.52. The van der Waals surface area contributed by atoms with Crippen LogP contribution in [0.1, 0.15) is 47.9 Å². The molecule has 2 aliphatic heterocycles. The number of halogens is 1. The predicted molar refractivity (Wildman–Crippen MR) is 119 cm³/mol. The Labute approximate surface area is 191 Å². The Morgan fingerprint density at radius 3 is 2.76 bits per heavy atom. The number of aromatic nitrogens is 4. The van der Waals surface area contributed by atoms with Gasteiger partial charge in [0.2, 0.25) is 11.8 Å². The molecule has 9 heteroatoms. The summed E-state index contributed by atoms with van der Waals surface area (Å²) < 4.78 is 15.0. The highest BCUT2D eigenvalue weighted by molar-refractivity contribution is 5.95. The van der Waals surface area contributed by atoms with Crippen LogP contribution < -0.4 is 4.90 Å². The lowest BCUT2D eigenvalue weighted by molar-refractivity contribution is -0.133. The fraction of sp³-hybridized carbons (Fsp3) is 0.375. The Morgan fingerprint density at radius 1 is 1.18 bits per heavy atom. The SMILES string of the molecule is Cc1nc([C@H]2CCCN2C(=O)Cn2cccn2)nc2c1CCC(=O)N2Cc1ccc(F)cc1. The highest BCUT2D eigenvalue weighted by Crippen LogP contribution is 2.35. The zero-order valence-electron chi connectivity index (χ0n) is 18.4. The second-order valence-corrected chi connectivity index (χ2v) is 8.52. The first-order valence-electron chi connectivity index (χ1n) is 11.2. The van der Waals surface area contributed by atoms with E-state index < -0.39 is 0 Å². The molecule has 2 aromatic heterocycles. The molecule has 1 saturated heterocycles. The molecule has 33 heavy (non-hydrogen) atoms. The van der Waals surface area contributed by atoms with Gasteiger partial charge in [0, 0.05) is 36.6 Å². The molecule has 0 N–H and O–H groups in total. The van der Waals surface area contributed by atoms with Crippen molar-refractivity contribution in [1.82, 2.24) is 24.6 Å². The molecule has 2 aliphatic rings. The molecule has 0 aliphatic carbocycles. The van der Waals surface area contributed by atoms with E-state index in [9.17, 15) is 14.0 Å². The van der Waals surface area contributed by atoms with Crippen molar-refractivity contribution in [2.45, 2.75) is 51.7 Å². The number of benzene rings is 1. The molecular formula is C24H25FN6O2. The summed E-state index contributed by atoms with van der Waals surface area (Å²) in [5.74, 6) is 0.805. The van der Waals surface area contributed by atoms with Crippen molar-refractivity contribution < 1.29 is 14.0 Å². The summed E-state index contributed by atoms with van der Waals surface area (Å²) >= 11 is 0. The molecule has 1 fully saturated rings. The fourth-order valence-electron chi connectivity index (χ4n) is 4.64. The second kappa shape index (κ2) is 8.73. The van der Waals surface area contributed by atoms with E-state index in [1.54, 1.807) is 40.2 Å². The van der Waals surface area contributed by atoms with Gasteiger partial charge in [0.25, 0.3) is 0 Å². The first kappa shape index (κ1) is 21.2. The van der Waals surface area contributed by atoms with E-state index in [2.05, 4.69) is 5.10 Å². The Morgan fingerprint density at radius 2 is 2.00 bits per heavy atom. The molecule has 170 valence electrons. The summed E-state index contributed by atoms with van der Waals surface area (Å²) in [5.41, 5.74) is 2.61. The van der Waals surface area contributed by atoms with Crippen LogP contribution in [-0.4, -0.2) is 43.0 Å². The summed E-state index contributed by atoms with van der Waals surface area (Å²) in [4.78, 5) is 38.9. The summed E-state index contributed by atoms with van der Waals surface area (Å²) in [6.07, 6.45) is 6.03. The van der Waals surface area contributed by atoms with Crippen LogP contribution in [0.15, 0.2) is 42.7 Å². The monoisotopic (exact) mass is 448 g/mol. The van der Waals surface area contributed by atoms with E-state index in [0.29, 0.717) is 37.6 Å². The van der Waals surface area contributed by atoms with Crippen molar-refractivity contribution in [3.05, 3.63) is 71.2 Å². The number of carbonyl (C=O) groups is 2. The van der Waals surface area contributed by atoms with Crippen LogP contribution in [0.25, 0.3) is 0 Å². The lowest BCUT2D eigenvalue weighted by atomic mass is 10.0. The van der Waals surface area contributed by atoms with Crippen LogP contribution in [0, 0.1) is 12.7 Å². The van der Waals surface area contributed by atoms with Gasteiger partial charge in [-0.25, -0.2) is 14.4 Å². The zero-order valence-corrected chi connectivity index (χ0v) is 18.4. The van der Waals surface area contributed by atoms with Gasteiger partial charge < -0.3 is 4.90 Å². The molecule has 3 aromatic rings. The minimum atomic E-state index is -0.314. The van der Waals surface area contributed by atoms with Gasteiger partial charge in [-0.1, -0.05) is 12.1 Å². The average Bonchev–Trinajstić information content (AvgIpc) is 3.49. The summed E-state index contributed by atoms with van der Waals surface area (Å²) in [6, 6.07) is 7.70. The van der Waals surface area contributed by atoms with Crippen molar-refractivity contribution in [2.24, 2.45) is 0 Å². The maximum absolute atomic E-state index is 13.3. The molecule has 0 unspecified atom stereocenters. The summed E-state index contributed by atoms with van der Waals surface area (Å²) in [6.45, 7) is 3.06. The van der Waals surface area contributed by atoms with Gasteiger partial charge in [-0.05, 0) is 49.9 Å². The minimum absolute atomic E-state index is 0.0195. The number of fused-ring (bicyclic) bond motifs is 1. The maximum atomic E-state index is 13.3. The first-order chi connectivity index (χ1) is 16.0. The molecular weight excluding hydrogens is 423 g/mol. The molecule has 1 aromatic carbocycles. The normalized spacial score (nSPS) is 18.0.